The minimum absolute atomic E-state index is 0.225. The second-order valence-corrected chi connectivity index (χ2v) is 10.6. The monoisotopic (exact) mass is 545 g/mol. The summed E-state index contributed by atoms with van der Waals surface area (Å²) in [5.74, 6) is 0.782. The Hall–Kier alpha value is -2.27. The zero-order valence-corrected chi connectivity index (χ0v) is 22.1. The first kappa shape index (κ1) is 24.8. The molecule has 4 rings (SSSR count). The molecule has 0 atom stereocenters. The normalized spacial score (nSPS) is 15.1. The van der Waals surface area contributed by atoms with E-state index in [-0.39, 0.29) is 6.03 Å². The molecule has 3 N–H and O–H groups in total. The smallest absolute Gasteiger partial charge is 0.321 e. The summed E-state index contributed by atoms with van der Waals surface area (Å²) in [6.07, 6.45) is 0.934. The van der Waals surface area contributed by atoms with Crippen LogP contribution in [0.5, 0.6) is 0 Å². The number of carbonyl (C=O) groups is 1. The Bertz CT molecular complexity index is 1080. The highest BCUT2D eigenvalue weighted by molar-refractivity contribution is 9.10. The second-order valence-electron chi connectivity index (χ2n) is 8.73. The number of hydrogen-bond donors (Lipinski definition) is 3. The summed E-state index contributed by atoms with van der Waals surface area (Å²) in [5, 5.41) is 9.67. The van der Waals surface area contributed by atoms with E-state index in [0.717, 1.165) is 59.8 Å². The van der Waals surface area contributed by atoms with Crippen LogP contribution in [0.25, 0.3) is 10.3 Å². The maximum atomic E-state index is 12.3. The van der Waals surface area contributed by atoms with Crippen LogP contribution in [0.3, 0.4) is 0 Å². The third kappa shape index (κ3) is 7.11. The maximum absolute atomic E-state index is 12.3. The number of piperazine rings is 1. The number of amides is 2. The van der Waals surface area contributed by atoms with Crippen molar-refractivity contribution in [3.05, 3.63) is 46.4 Å². The fourth-order valence-electron chi connectivity index (χ4n) is 3.91. The summed E-state index contributed by atoms with van der Waals surface area (Å²) < 4.78 is 1.06. The number of benzene rings is 1. The second kappa shape index (κ2) is 11.9. The Kier molecular flexibility index (Phi) is 8.71. The Morgan fingerprint density at radius 3 is 2.59 bits per heavy atom. The van der Waals surface area contributed by atoms with Gasteiger partial charge in [0.1, 0.15) is 16.2 Å². The van der Waals surface area contributed by atoms with Gasteiger partial charge in [0, 0.05) is 49.8 Å². The van der Waals surface area contributed by atoms with Crippen molar-refractivity contribution in [3.63, 3.8) is 0 Å². The molecular weight excluding hydrogens is 514 g/mol. The van der Waals surface area contributed by atoms with Gasteiger partial charge in [-0.15, -0.1) is 0 Å². The van der Waals surface area contributed by atoms with Crippen LogP contribution in [0.15, 0.2) is 40.9 Å². The Morgan fingerprint density at radius 2 is 1.85 bits per heavy atom. The van der Waals surface area contributed by atoms with Gasteiger partial charge in [0.25, 0.3) is 0 Å². The standard InChI is InChI=1S/C24H32BrN7OS/c1-17(2)32-14-12-31(13-15-32)11-3-10-26-23(33)30-24-28-20-8-9-21(29-22(20)34-24)27-16-18-4-6-19(25)7-5-18/h4-9,17H,3,10-16H2,1-2H3,(H,27,29)(H2,26,28,30,33). The molecule has 8 nitrogen and oxygen atoms in total. The molecule has 0 bridgehead atoms. The maximum Gasteiger partial charge on any atom is 0.321 e. The van der Waals surface area contributed by atoms with E-state index in [1.54, 1.807) is 0 Å². The van der Waals surface area contributed by atoms with Crippen molar-refractivity contribution in [1.82, 2.24) is 25.1 Å². The quantitative estimate of drug-likeness (QED) is 0.340. The van der Waals surface area contributed by atoms with Gasteiger partial charge < -0.3 is 15.5 Å². The van der Waals surface area contributed by atoms with Crippen LogP contribution < -0.4 is 16.0 Å². The molecule has 2 amide bonds. The number of thiazole rings is 1. The SMILES string of the molecule is CC(C)N1CCN(CCCNC(=O)Nc2nc3ccc(NCc4ccc(Br)cc4)nc3s2)CC1. The van der Waals surface area contributed by atoms with Gasteiger partial charge in [0.05, 0.1) is 0 Å². The van der Waals surface area contributed by atoms with Crippen LogP contribution in [0.1, 0.15) is 25.8 Å². The number of carbonyl (C=O) groups excluding carboxylic acids is 1. The molecule has 1 aromatic carbocycles. The number of hydrogen-bond acceptors (Lipinski definition) is 7. The van der Waals surface area contributed by atoms with E-state index in [9.17, 15) is 4.79 Å². The van der Waals surface area contributed by atoms with Crippen molar-refractivity contribution in [3.8, 4) is 0 Å². The van der Waals surface area contributed by atoms with E-state index in [0.29, 0.717) is 24.3 Å². The van der Waals surface area contributed by atoms with Crippen molar-refractivity contribution in [2.75, 3.05) is 49.9 Å². The first-order valence-corrected chi connectivity index (χ1v) is 13.3. The average molecular weight is 547 g/mol. The van der Waals surface area contributed by atoms with Crippen molar-refractivity contribution >= 4 is 54.6 Å². The number of nitrogens with one attached hydrogen (secondary N) is 3. The summed E-state index contributed by atoms with van der Waals surface area (Å²) in [6.45, 7) is 11.3. The molecular formula is C24H32BrN7OS. The molecule has 0 unspecified atom stereocenters. The minimum Gasteiger partial charge on any atom is -0.366 e. The predicted molar refractivity (Wildman–Crippen MR) is 144 cm³/mol. The van der Waals surface area contributed by atoms with Crippen LogP contribution in [-0.2, 0) is 6.54 Å². The molecule has 0 radical (unpaired) electrons. The first-order chi connectivity index (χ1) is 16.5. The lowest BCUT2D eigenvalue weighted by atomic mass is 10.2. The molecule has 182 valence electrons. The number of rotatable bonds is 9. The number of aromatic nitrogens is 2. The van der Waals surface area contributed by atoms with Gasteiger partial charge >= 0.3 is 6.03 Å². The van der Waals surface area contributed by atoms with Crippen LogP contribution in [0.2, 0.25) is 0 Å². The van der Waals surface area contributed by atoms with Gasteiger partial charge in [-0.25, -0.2) is 14.8 Å². The molecule has 3 heterocycles. The summed E-state index contributed by atoms with van der Waals surface area (Å²) in [6, 6.07) is 12.4. The molecule has 0 spiro atoms. The Morgan fingerprint density at radius 1 is 1.09 bits per heavy atom. The number of nitrogens with zero attached hydrogens (tertiary/aromatic N) is 4. The van der Waals surface area contributed by atoms with Gasteiger partial charge in [0.15, 0.2) is 5.13 Å². The molecule has 1 aliphatic rings. The molecule has 2 aromatic heterocycles. The number of fused-ring (bicyclic) bond motifs is 1. The average Bonchev–Trinajstić information content (AvgIpc) is 3.23. The van der Waals surface area contributed by atoms with Gasteiger partial charge in [-0.05, 0) is 56.6 Å². The number of pyridine rings is 1. The lowest BCUT2D eigenvalue weighted by Crippen LogP contribution is -2.49. The first-order valence-electron chi connectivity index (χ1n) is 11.7. The highest BCUT2D eigenvalue weighted by atomic mass is 79.9. The number of anilines is 2. The number of urea groups is 1. The lowest BCUT2D eigenvalue weighted by molar-refractivity contribution is 0.108. The number of halogens is 1. The fourth-order valence-corrected chi connectivity index (χ4v) is 5.01. The van der Waals surface area contributed by atoms with Gasteiger partial charge in [-0.1, -0.05) is 39.4 Å². The van der Waals surface area contributed by atoms with Gasteiger partial charge in [-0.3, -0.25) is 10.2 Å². The highest BCUT2D eigenvalue weighted by Gasteiger charge is 2.18. The van der Waals surface area contributed by atoms with Crippen molar-refractivity contribution in [2.45, 2.75) is 32.9 Å². The summed E-state index contributed by atoms with van der Waals surface area (Å²) >= 11 is 4.83. The van der Waals surface area contributed by atoms with E-state index in [1.807, 2.05) is 24.3 Å². The topological polar surface area (TPSA) is 85.4 Å². The van der Waals surface area contributed by atoms with E-state index in [4.69, 9.17) is 0 Å². The molecule has 34 heavy (non-hydrogen) atoms. The van der Waals surface area contributed by atoms with E-state index < -0.39 is 0 Å². The summed E-state index contributed by atoms with van der Waals surface area (Å²) in [7, 11) is 0. The Balaban J connectivity index is 1.19. The van der Waals surface area contributed by atoms with E-state index in [1.165, 1.54) is 16.9 Å². The predicted octanol–water partition coefficient (Wildman–Crippen LogP) is 4.60. The van der Waals surface area contributed by atoms with E-state index >= 15 is 0 Å². The third-order valence-corrected chi connectivity index (χ3v) is 7.35. The van der Waals surface area contributed by atoms with Crippen LogP contribution >= 0.6 is 27.3 Å². The lowest BCUT2D eigenvalue weighted by Gasteiger charge is -2.36. The van der Waals surface area contributed by atoms with Crippen molar-refractivity contribution < 1.29 is 4.79 Å². The van der Waals surface area contributed by atoms with Crippen LogP contribution in [0, 0.1) is 0 Å². The largest absolute Gasteiger partial charge is 0.366 e. The van der Waals surface area contributed by atoms with Crippen LogP contribution in [-0.4, -0.2) is 71.1 Å². The molecule has 1 saturated heterocycles. The molecule has 10 heteroatoms. The van der Waals surface area contributed by atoms with Crippen molar-refractivity contribution in [1.29, 1.82) is 0 Å². The van der Waals surface area contributed by atoms with Crippen molar-refractivity contribution in [2.24, 2.45) is 0 Å². The summed E-state index contributed by atoms with van der Waals surface area (Å²) in [5.41, 5.74) is 1.95. The summed E-state index contributed by atoms with van der Waals surface area (Å²) in [4.78, 5) is 27.2. The molecule has 0 aliphatic carbocycles. The zero-order valence-electron chi connectivity index (χ0n) is 19.7. The molecule has 3 aromatic rings. The minimum atomic E-state index is -0.225. The van der Waals surface area contributed by atoms with Gasteiger partial charge in [-0.2, -0.15) is 0 Å². The zero-order chi connectivity index (χ0) is 23.9. The highest BCUT2D eigenvalue weighted by Crippen LogP contribution is 2.25. The fraction of sp³-hybridized carbons (Fsp3) is 0.458. The van der Waals surface area contributed by atoms with Gasteiger partial charge in [0.2, 0.25) is 0 Å². The molecule has 0 saturated carbocycles. The molecule has 1 fully saturated rings. The van der Waals surface area contributed by atoms with Crippen LogP contribution in [0.4, 0.5) is 15.7 Å². The third-order valence-electron chi connectivity index (χ3n) is 5.94. The Labute approximate surface area is 213 Å². The van der Waals surface area contributed by atoms with E-state index in [2.05, 4.69) is 77.6 Å². The molecule has 1 aliphatic heterocycles.